The number of nitrogens with one attached hydrogen (secondary N) is 1. The van der Waals surface area contributed by atoms with Crippen LogP contribution in [-0.4, -0.2) is 17.1 Å². The second kappa shape index (κ2) is 5.19. The Morgan fingerprint density at radius 1 is 1.53 bits per heavy atom. The highest BCUT2D eigenvalue weighted by Crippen LogP contribution is 2.29. The summed E-state index contributed by atoms with van der Waals surface area (Å²) in [6.07, 6.45) is 3.42. The van der Waals surface area contributed by atoms with Crippen LogP contribution in [0.1, 0.15) is 36.9 Å². The number of nitrogens with two attached hydrogens (primary N) is 1. The number of fused-ring (bicyclic) bond motifs is 1. The topological polar surface area (TPSA) is 70.6 Å². The molecule has 0 aromatic heterocycles. The Balaban J connectivity index is 2.14. The summed E-state index contributed by atoms with van der Waals surface area (Å²) in [5.41, 5.74) is 8.34. The van der Waals surface area contributed by atoms with Gasteiger partial charge < -0.3 is 16.3 Å². The smallest absolute Gasteiger partial charge is 0.156 e. The van der Waals surface area contributed by atoms with E-state index >= 15 is 0 Å². The first-order valence-corrected chi connectivity index (χ1v) is 6.03. The van der Waals surface area contributed by atoms with E-state index in [9.17, 15) is 0 Å². The van der Waals surface area contributed by atoms with Crippen LogP contribution in [0.3, 0.4) is 0 Å². The fraction of sp³-hybridized carbons (Fsp3) is 0.462. The fourth-order valence-electron chi connectivity index (χ4n) is 2.40. The van der Waals surface area contributed by atoms with Gasteiger partial charge in [0.2, 0.25) is 0 Å². The quantitative estimate of drug-likeness (QED) is 0.322. The molecule has 0 saturated heterocycles. The van der Waals surface area contributed by atoms with E-state index < -0.39 is 0 Å². The number of rotatable bonds is 3. The minimum atomic E-state index is -0.115. The molecule has 1 aromatic rings. The van der Waals surface area contributed by atoms with E-state index in [1.54, 1.807) is 0 Å². The van der Waals surface area contributed by atoms with Crippen molar-refractivity contribution in [3.8, 4) is 0 Å². The summed E-state index contributed by atoms with van der Waals surface area (Å²) < 4.78 is 0. The molecule has 0 heterocycles. The zero-order valence-electron chi connectivity index (χ0n) is 10.1. The van der Waals surface area contributed by atoms with E-state index in [-0.39, 0.29) is 11.9 Å². The zero-order valence-corrected chi connectivity index (χ0v) is 10.1. The van der Waals surface area contributed by atoms with Gasteiger partial charge in [-0.2, -0.15) is 0 Å². The van der Waals surface area contributed by atoms with Crippen LogP contribution < -0.4 is 11.1 Å². The first kappa shape index (κ1) is 11.9. The summed E-state index contributed by atoms with van der Waals surface area (Å²) in [5.74, 6) is 0.230. The lowest BCUT2D eigenvalue weighted by molar-refractivity contribution is 0.313. The summed E-state index contributed by atoms with van der Waals surface area (Å²) in [6, 6.07) is 8.66. The van der Waals surface area contributed by atoms with Crippen LogP contribution in [0.4, 0.5) is 0 Å². The van der Waals surface area contributed by atoms with E-state index in [2.05, 4.69) is 34.7 Å². The minimum Gasteiger partial charge on any atom is -0.409 e. The van der Waals surface area contributed by atoms with E-state index in [4.69, 9.17) is 10.9 Å². The number of amidine groups is 1. The molecule has 0 aliphatic heterocycles. The van der Waals surface area contributed by atoms with Gasteiger partial charge in [-0.1, -0.05) is 29.4 Å². The maximum Gasteiger partial charge on any atom is 0.156 e. The van der Waals surface area contributed by atoms with Crippen molar-refractivity contribution in [3.05, 3.63) is 35.4 Å². The summed E-state index contributed by atoms with van der Waals surface area (Å²) >= 11 is 0. The lowest BCUT2D eigenvalue weighted by atomic mass is 9.87. The Bertz CT molecular complexity index is 417. The molecule has 2 atom stereocenters. The number of nitrogens with zero attached hydrogens (tertiary/aromatic N) is 1. The predicted octanol–water partition coefficient (Wildman–Crippen LogP) is 1.79. The van der Waals surface area contributed by atoms with E-state index in [1.165, 1.54) is 17.5 Å². The largest absolute Gasteiger partial charge is 0.409 e. The van der Waals surface area contributed by atoms with E-state index in [1.807, 2.05) is 6.92 Å². The van der Waals surface area contributed by atoms with Gasteiger partial charge in [0.05, 0.1) is 6.04 Å². The molecule has 17 heavy (non-hydrogen) atoms. The molecule has 0 radical (unpaired) electrons. The molecule has 0 fully saturated rings. The van der Waals surface area contributed by atoms with Crippen molar-refractivity contribution in [2.24, 2.45) is 10.9 Å². The second-order valence-corrected chi connectivity index (χ2v) is 4.56. The second-order valence-electron chi connectivity index (χ2n) is 4.56. The van der Waals surface area contributed by atoms with Crippen LogP contribution in [0.15, 0.2) is 29.4 Å². The first-order chi connectivity index (χ1) is 8.22. The highest BCUT2D eigenvalue weighted by Gasteiger charge is 2.22. The molecule has 2 unspecified atom stereocenters. The standard InChI is InChI=1S/C13H19N3O/c1-9(13(14)16-17)15-12-8-4-6-10-5-2-3-7-11(10)12/h2-3,5,7,9,12,15,17H,4,6,8H2,1H3,(H2,14,16). The molecule has 4 nitrogen and oxygen atoms in total. The molecule has 92 valence electrons. The van der Waals surface area contributed by atoms with Crippen LogP contribution in [-0.2, 0) is 6.42 Å². The van der Waals surface area contributed by atoms with Crippen molar-refractivity contribution in [3.63, 3.8) is 0 Å². The van der Waals surface area contributed by atoms with Crippen molar-refractivity contribution >= 4 is 5.84 Å². The highest BCUT2D eigenvalue weighted by atomic mass is 16.4. The van der Waals surface area contributed by atoms with Crippen molar-refractivity contribution in [1.82, 2.24) is 5.32 Å². The zero-order chi connectivity index (χ0) is 12.3. The molecule has 1 aliphatic rings. The van der Waals surface area contributed by atoms with Gasteiger partial charge in [-0.25, -0.2) is 0 Å². The molecule has 0 saturated carbocycles. The molecule has 0 spiro atoms. The van der Waals surface area contributed by atoms with Crippen molar-refractivity contribution in [2.45, 2.75) is 38.3 Å². The highest BCUT2D eigenvalue weighted by molar-refractivity contribution is 5.84. The summed E-state index contributed by atoms with van der Waals surface area (Å²) in [7, 11) is 0. The number of oxime groups is 1. The van der Waals surface area contributed by atoms with Gasteiger partial charge >= 0.3 is 0 Å². The van der Waals surface area contributed by atoms with Gasteiger partial charge in [0, 0.05) is 6.04 Å². The Morgan fingerprint density at radius 3 is 3.06 bits per heavy atom. The minimum absolute atomic E-state index is 0.115. The van der Waals surface area contributed by atoms with Gasteiger partial charge in [0.15, 0.2) is 5.84 Å². The first-order valence-electron chi connectivity index (χ1n) is 6.03. The van der Waals surface area contributed by atoms with Crippen LogP contribution >= 0.6 is 0 Å². The van der Waals surface area contributed by atoms with Crippen LogP contribution in [0, 0.1) is 0 Å². The Morgan fingerprint density at radius 2 is 2.29 bits per heavy atom. The number of aryl methyl sites for hydroxylation is 1. The van der Waals surface area contributed by atoms with E-state index in [0.29, 0.717) is 6.04 Å². The third kappa shape index (κ3) is 2.58. The molecule has 4 N–H and O–H groups in total. The number of hydrogen-bond acceptors (Lipinski definition) is 3. The molecular formula is C13H19N3O. The van der Waals surface area contributed by atoms with E-state index in [0.717, 1.165) is 12.8 Å². The van der Waals surface area contributed by atoms with Crippen LogP contribution in [0.25, 0.3) is 0 Å². The SMILES string of the molecule is CC(NC1CCCc2ccccc21)/C(N)=N/O. The summed E-state index contributed by atoms with van der Waals surface area (Å²) in [6.45, 7) is 1.91. The normalized spacial score (nSPS) is 21.9. The third-order valence-electron chi connectivity index (χ3n) is 3.38. The summed E-state index contributed by atoms with van der Waals surface area (Å²) in [4.78, 5) is 0. The van der Waals surface area contributed by atoms with Gasteiger partial charge in [-0.05, 0) is 37.3 Å². The van der Waals surface area contributed by atoms with Crippen molar-refractivity contribution in [1.29, 1.82) is 0 Å². The fourth-order valence-corrected chi connectivity index (χ4v) is 2.40. The molecular weight excluding hydrogens is 214 g/mol. The molecule has 0 amide bonds. The molecule has 0 bridgehead atoms. The third-order valence-corrected chi connectivity index (χ3v) is 3.38. The lowest BCUT2D eigenvalue weighted by Gasteiger charge is -2.28. The maximum atomic E-state index is 8.65. The average molecular weight is 233 g/mol. The Kier molecular flexibility index (Phi) is 3.64. The predicted molar refractivity (Wildman–Crippen MR) is 68.1 cm³/mol. The molecule has 2 rings (SSSR count). The molecule has 1 aliphatic carbocycles. The van der Waals surface area contributed by atoms with Gasteiger partial charge in [0.1, 0.15) is 0 Å². The number of benzene rings is 1. The molecule has 1 aromatic carbocycles. The monoisotopic (exact) mass is 233 g/mol. The summed E-state index contributed by atoms with van der Waals surface area (Å²) in [5, 5.41) is 15.1. The molecule has 4 heteroatoms. The van der Waals surface area contributed by atoms with Gasteiger partial charge in [0.25, 0.3) is 0 Å². The van der Waals surface area contributed by atoms with Crippen molar-refractivity contribution in [2.75, 3.05) is 0 Å². The number of hydrogen-bond donors (Lipinski definition) is 3. The average Bonchev–Trinajstić information content (AvgIpc) is 2.38. The van der Waals surface area contributed by atoms with Crippen molar-refractivity contribution < 1.29 is 5.21 Å². The maximum absolute atomic E-state index is 8.65. The Hall–Kier alpha value is -1.55. The van der Waals surface area contributed by atoms with Gasteiger partial charge in [-0.15, -0.1) is 0 Å². The van der Waals surface area contributed by atoms with Crippen LogP contribution in [0.5, 0.6) is 0 Å². The lowest BCUT2D eigenvalue weighted by Crippen LogP contribution is -2.41. The Labute approximate surface area is 102 Å². The van der Waals surface area contributed by atoms with Gasteiger partial charge in [-0.3, -0.25) is 0 Å². The van der Waals surface area contributed by atoms with Crippen LogP contribution in [0.2, 0.25) is 0 Å².